The van der Waals surface area contributed by atoms with Crippen LogP contribution in [-0.4, -0.2) is 14.5 Å². The second-order valence-corrected chi connectivity index (χ2v) is 5.57. The molecule has 0 aliphatic rings. The number of nitrogen functional groups attached to an aromatic ring is 1. The van der Waals surface area contributed by atoms with Crippen molar-refractivity contribution in [1.29, 1.82) is 0 Å². The van der Waals surface area contributed by atoms with Gasteiger partial charge in [0.05, 0.1) is 22.6 Å². The van der Waals surface area contributed by atoms with E-state index >= 15 is 0 Å². The van der Waals surface area contributed by atoms with E-state index < -0.39 is 0 Å². The Morgan fingerprint density at radius 2 is 2.00 bits per heavy atom. The maximum absolute atomic E-state index is 6.02. The van der Waals surface area contributed by atoms with Gasteiger partial charge in [-0.3, -0.25) is 0 Å². The Labute approximate surface area is 128 Å². The van der Waals surface area contributed by atoms with Crippen LogP contribution in [0.25, 0.3) is 22.4 Å². The molecule has 0 bridgehead atoms. The zero-order valence-electron chi connectivity index (χ0n) is 11.7. The molecule has 1 heterocycles. The van der Waals surface area contributed by atoms with Crippen molar-refractivity contribution >= 4 is 33.9 Å². The number of imidazole rings is 1. The van der Waals surface area contributed by atoms with E-state index in [2.05, 4.69) is 0 Å². The average molecular weight is 296 g/mol. The number of benzene rings is 2. The molecule has 0 aliphatic heterocycles. The van der Waals surface area contributed by atoms with E-state index in [1.54, 1.807) is 0 Å². The number of rotatable bonds is 3. The monoisotopic (exact) mass is 296 g/mol. The minimum Gasteiger partial charge on any atom is -0.398 e. The quantitative estimate of drug-likeness (QED) is 0.576. The first-order valence-corrected chi connectivity index (χ1v) is 7.07. The van der Waals surface area contributed by atoms with Gasteiger partial charge >= 0.3 is 0 Å². The third-order valence-corrected chi connectivity index (χ3v) is 3.64. The lowest BCUT2D eigenvalue weighted by Crippen LogP contribution is -2.17. The van der Waals surface area contributed by atoms with Crippen molar-refractivity contribution < 1.29 is 0 Å². The summed E-state index contributed by atoms with van der Waals surface area (Å²) in [5, 5.41) is 0. The van der Waals surface area contributed by atoms with Gasteiger partial charge in [-0.15, -0.1) is 0 Å². The van der Waals surface area contributed by atoms with E-state index in [9.17, 15) is 0 Å². The van der Waals surface area contributed by atoms with Gasteiger partial charge in [-0.25, -0.2) is 4.98 Å². The minimum atomic E-state index is 0.430. The number of fused-ring (bicyclic) bond motifs is 1. The van der Waals surface area contributed by atoms with Gasteiger partial charge in [0.25, 0.3) is 0 Å². The third-order valence-electron chi connectivity index (χ3n) is 3.51. The smallest absolute Gasteiger partial charge is 0.141 e. The highest BCUT2D eigenvalue weighted by molar-refractivity contribution is 7.80. The van der Waals surface area contributed by atoms with E-state index in [4.69, 9.17) is 28.7 Å². The second-order valence-electron chi connectivity index (χ2n) is 5.05. The highest BCUT2D eigenvalue weighted by Gasteiger charge is 2.13. The number of hydrogen-bond acceptors (Lipinski definition) is 3. The summed E-state index contributed by atoms with van der Waals surface area (Å²) in [5.74, 6) is 0.829. The van der Waals surface area contributed by atoms with Crippen molar-refractivity contribution in [3.63, 3.8) is 0 Å². The fraction of sp³-hybridized carbons (Fsp3) is 0.125. The minimum absolute atomic E-state index is 0.430. The molecule has 1 aromatic heterocycles. The number of anilines is 1. The maximum Gasteiger partial charge on any atom is 0.141 e. The summed E-state index contributed by atoms with van der Waals surface area (Å²) in [6.07, 6.45) is 0. The van der Waals surface area contributed by atoms with Crippen LogP contribution >= 0.6 is 12.2 Å². The predicted octanol–water partition coefficient (Wildman–Crippen LogP) is 2.88. The van der Waals surface area contributed by atoms with Gasteiger partial charge in [-0.1, -0.05) is 36.5 Å². The summed E-state index contributed by atoms with van der Waals surface area (Å²) >= 11 is 5.07. The van der Waals surface area contributed by atoms with Gasteiger partial charge in [-0.05, 0) is 30.7 Å². The SMILES string of the molecule is Cc1ccc(-c2nc3ccccc3n2CC(N)=S)cc1N. The van der Waals surface area contributed by atoms with Crippen LogP contribution < -0.4 is 11.5 Å². The molecule has 5 heteroatoms. The molecule has 0 fully saturated rings. The number of hydrogen-bond donors (Lipinski definition) is 2. The van der Waals surface area contributed by atoms with Crippen LogP contribution in [0.3, 0.4) is 0 Å². The second kappa shape index (κ2) is 5.18. The lowest BCUT2D eigenvalue weighted by molar-refractivity contribution is 0.895. The summed E-state index contributed by atoms with van der Waals surface area (Å²) in [6, 6.07) is 13.9. The van der Waals surface area contributed by atoms with E-state index in [1.165, 1.54) is 0 Å². The average Bonchev–Trinajstić information content (AvgIpc) is 2.80. The van der Waals surface area contributed by atoms with Gasteiger partial charge in [0, 0.05) is 11.3 Å². The number of thiocarbonyl (C=S) groups is 1. The Hall–Kier alpha value is -2.40. The Kier molecular flexibility index (Phi) is 3.35. The van der Waals surface area contributed by atoms with Crippen molar-refractivity contribution in [3.8, 4) is 11.4 Å². The van der Waals surface area contributed by atoms with Crippen molar-refractivity contribution in [2.24, 2.45) is 5.73 Å². The first kappa shape index (κ1) is 13.6. The molecule has 3 rings (SSSR count). The number of nitrogens with two attached hydrogens (primary N) is 2. The van der Waals surface area contributed by atoms with Crippen LogP contribution in [0.4, 0.5) is 5.69 Å². The molecule has 0 unspecified atom stereocenters. The number of aryl methyl sites for hydroxylation is 1. The molecule has 0 radical (unpaired) electrons. The largest absolute Gasteiger partial charge is 0.398 e. The van der Waals surface area contributed by atoms with Crippen LogP contribution in [0.1, 0.15) is 5.56 Å². The van der Waals surface area contributed by atoms with E-state index in [0.717, 1.165) is 33.7 Å². The molecule has 106 valence electrons. The zero-order valence-corrected chi connectivity index (χ0v) is 12.5. The Morgan fingerprint density at radius 3 is 2.71 bits per heavy atom. The molecule has 0 saturated heterocycles. The normalized spacial score (nSPS) is 10.9. The van der Waals surface area contributed by atoms with Crippen LogP contribution in [0.15, 0.2) is 42.5 Å². The fourth-order valence-electron chi connectivity index (χ4n) is 2.39. The Morgan fingerprint density at radius 1 is 1.24 bits per heavy atom. The topological polar surface area (TPSA) is 69.9 Å². The van der Waals surface area contributed by atoms with E-state index in [0.29, 0.717) is 11.5 Å². The number of aromatic nitrogens is 2. The number of para-hydroxylation sites is 2. The Bertz CT molecular complexity index is 835. The lowest BCUT2D eigenvalue weighted by atomic mass is 10.1. The molecule has 0 atom stereocenters. The van der Waals surface area contributed by atoms with Crippen molar-refractivity contribution in [2.45, 2.75) is 13.5 Å². The highest BCUT2D eigenvalue weighted by Crippen LogP contribution is 2.27. The van der Waals surface area contributed by atoms with Crippen LogP contribution in [0.5, 0.6) is 0 Å². The molecule has 4 nitrogen and oxygen atoms in total. The summed E-state index contributed by atoms with van der Waals surface area (Å²) < 4.78 is 2.03. The molecular formula is C16H16N4S. The van der Waals surface area contributed by atoms with Gasteiger partial charge in [0.1, 0.15) is 5.82 Å². The Balaban J connectivity index is 2.25. The summed E-state index contributed by atoms with van der Waals surface area (Å²) in [5.41, 5.74) is 16.4. The first-order chi connectivity index (χ1) is 10.1. The lowest BCUT2D eigenvalue weighted by Gasteiger charge is -2.09. The van der Waals surface area contributed by atoms with E-state index in [-0.39, 0.29) is 0 Å². The van der Waals surface area contributed by atoms with Crippen molar-refractivity contribution in [3.05, 3.63) is 48.0 Å². The van der Waals surface area contributed by atoms with Crippen LogP contribution in [0, 0.1) is 6.92 Å². The fourth-order valence-corrected chi connectivity index (χ4v) is 2.52. The van der Waals surface area contributed by atoms with Crippen LogP contribution in [0.2, 0.25) is 0 Å². The molecule has 0 saturated carbocycles. The summed E-state index contributed by atoms with van der Waals surface area (Å²) in [4.78, 5) is 5.13. The molecular weight excluding hydrogens is 280 g/mol. The van der Waals surface area contributed by atoms with Gasteiger partial charge in [0.15, 0.2) is 0 Å². The highest BCUT2D eigenvalue weighted by atomic mass is 32.1. The van der Waals surface area contributed by atoms with Gasteiger partial charge in [0.2, 0.25) is 0 Å². The van der Waals surface area contributed by atoms with Gasteiger partial charge in [-0.2, -0.15) is 0 Å². The standard InChI is InChI=1S/C16H16N4S/c1-10-6-7-11(8-12(10)17)16-19-13-4-2-3-5-14(13)20(16)9-15(18)21/h2-8H,9,17H2,1H3,(H2,18,21). The summed E-state index contributed by atoms with van der Waals surface area (Å²) in [6.45, 7) is 2.44. The third kappa shape index (κ3) is 2.48. The first-order valence-electron chi connectivity index (χ1n) is 6.66. The van der Waals surface area contributed by atoms with Gasteiger partial charge < -0.3 is 16.0 Å². The number of nitrogens with zero attached hydrogens (tertiary/aromatic N) is 2. The molecule has 21 heavy (non-hydrogen) atoms. The van der Waals surface area contributed by atoms with Crippen LogP contribution in [-0.2, 0) is 6.54 Å². The maximum atomic E-state index is 6.02. The molecule has 2 aromatic carbocycles. The molecule has 4 N–H and O–H groups in total. The zero-order chi connectivity index (χ0) is 15.0. The van der Waals surface area contributed by atoms with Crippen molar-refractivity contribution in [2.75, 3.05) is 5.73 Å². The molecule has 0 amide bonds. The van der Waals surface area contributed by atoms with E-state index in [1.807, 2.05) is 54.0 Å². The molecule has 3 aromatic rings. The summed E-state index contributed by atoms with van der Waals surface area (Å²) in [7, 11) is 0. The molecule has 0 aliphatic carbocycles. The van der Waals surface area contributed by atoms with Crippen molar-refractivity contribution in [1.82, 2.24) is 9.55 Å². The predicted molar refractivity (Wildman–Crippen MR) is 91.1 cm³/mol. The molecule has 0 spiro atoms.